The zero-order chi connectivity index (χ0) is 22.6. The maximum atomic E-state index is 11.9. The van der Waals surface area contributed by atoms with E-state index in [0.717, 1.165) is 11.3 Å². The monoisotopic (exact) mass is 458 g/mol. The highest BCUT2D eigenvalue weighted by Gasteiger charge is 2.27. The predicted octanol–water partition coefficient (Wildman–Crippen LogP) is 3.29. The van der Waals surface area contributed by atoms with E-state index in [9.17, 15) is 13.5 Å². The lowest BCUT2D eigenvalue weighted by molar-refractivity contribution is 0.172. The van der Waals surface area contributed by atoms with Crippen LogP contribution in [0.5, 0.6) is 5.75 Å². The zero-order valence-corrected chi connectivity index (χ0v) is 19.0. The second-order valence-electron chi connectivity index (χ2n) is 8.21. The molecule has 4 N–H and O–H groups in total. The van der Waals surface area contributed by atoms with Crippen molar-refractivity contribution in [3.63, 3.8) is 0 Å². The van der Waals surface area contributed by atoms with Crippen LogP contribution in [0.3, 0.4) is 0 Å². The average Bonchev–Trinajstić information content (AvgIpc) is 3.52. The number of hydrogen-bond acceptors (Lipinski definition) is 6. The zero-order valence-electron chi connectivity index (χ0n) is 18.2. The van der Waals surface area contributed by atoms with Gasteiger partial charge in [0.1, 0.15) is 12.4 Å². The van der Waals surface area contributed by atoms with Crippen LogP contribution in [0.4, 0.5) is 5.69 Å². The molecular formula is C23H30N4O4S. The van der Waals surface area contributed by atoms with Crippen molar-refractivity contribution in [3.8, 4) is 5.75 Å². The van der Waals surface area contributed by atoms with E-state index in [0.29, 0.717) is 43.3 Å². The molecule has 172 valence electrons. The van der Waals surface area contributed by atoms with Crippen LogP contribution in [-0.4, -0.2) is 49.2 Å². The number of H-pyrrole nitrogens is 1. The number of aliphatic hydroxyl groups excluding tert-OH is 1. The quantitative estimate of drug-likeness (QED) is 0.310. The lowest BCUT2D eigenvalue weighted by Gasteiger charge is -2.14. The standard InChI is InChI=1S/C23H30N4O4S/c1-2-12-32(29,30)27-18-5-3-4-17(13-18)22(28)15-24-10-11-31-19-8-9-20-21(14-19)25-26-23(20)16-6-7-16/h3-5,8-9,13-14,16,22,24,27-28H,2,6-7,10-12,15H2,1H3,(H,25,26)/t22-/m0/s1. The largest absolute Gasteiger partial charge is 0.492 e. The van der Waals surface area contributed by atoms with Gasteiger partial charge in [-0.15, -0.1) is 0 Å². The Morgan fingerprint density at radius 1 is 1.25 bits per heavy atom. The molecule has 0 radical (unpaired) electrons. The van der Waals surface area contributed by atoms with Gasteiger partial charge in [0, 0.05) is 41.8 Å². The molecule has 0 bridgehead atoms. The molecule has 1 aliphatic rings. The maximum Gasteiger partial charge on any atom is 0.232 e. The molecule has 32 heavy (non-hydrogen) atoms. The number of nitrogens with zero attached hydrogens (tertiary/aromatic N) is 1. The lowest BCUT2D eigenvalue weighted by Crippen LogP contribution is -2.26. The van der Waals surface area contributed by atoms with E-state index in [1.807, 2.05) is 19.1 Å². The second kappa shape index (κ2) is 9.89. The summed E-state index contributed by atoms with van der Waals surface area (Å²) in [6, 6.07) is 12.8. The summed E-state index contributed by atoms with van der Waals surface area (Å²) in [5.41, 5.74) is 3.24. The minimum atomic E-state index is -3.36. The van der Waals surface area contributed by atoms with Crippen LogP contribution in [0.25, 0.3) is 10.9 Å². The van der Waals surface area contributed by atoms with Crippen LogP contribution >= 0.6 is 0 Å². The molecule has 0 amide bonds. The third kappa shape index (κ3) is 5.79. The molecule has 0 spiro atoms. The third-order valence-corrected chi connectivity index (χ3v) is 6.94. The average molecular weight is 459 g/mol. The van der Waals surface area contributed by atoms with Crippen LogP contribution < -0.4 is 14.8 Å². The first-order valence-corrected chi connectivity index (χ1v) is 12.7. The Hall–Kier alpha value is -2.62. The van der Waals surface area contributed by atoms with Crippen molar-refractivity contribution in [2.45, 2.75) is 38.2 Å². The summed E-state index contributed by atoms with van der Waals surface area (Å²) in [5, 5.41) is 22.3. The van der Waals surface area contributed by atoms with Crippen molar-refractivity contribution in [2.75, 3.05) is 30.2 Å². The molecule has 4 rings (SSSR count). The Labute approximate surface area is 188 Å². The first kappa shape index (κ1) is 22.6. The summed E-state index contributed by atoms with van der Waals surface area (Å²) in [4.78, 5) is 0. The number of sulfonamides is 1. The van der Waals surface area contributed by atoms with Gasteiger partial charge in [0.15, 0.2) is 0 Å². The van der Waals surface area contributed by atoms with Gasteiger partial charge >= 0.3 is 0 Å². The van der Waals surface area contributed by atoms with Gasteiger partial charge in [-0.25, -0.2) is 8.42 Å². The van der Waals surface area contributed by atoms with Crippen molar-refractivity contribution in [1.29, 1.82) is 0 Å². The van der Waals surface area contributed by atoms with Gasteiger partial charge in [0.05, 0.1) is 17.4 Å². The molecule has 9 heteroatoms. The summed E-state index contributed by atoms with van der Waals surface area (Å²) in [6.07, 6.45) is 2.24. The smallest absolute Gasteiger partial charge is 0.232 e. The van der Waals surface area contributed by atoms with Crippen LogP contribution in [0.2, 0.25) is 0 Å². The molecule has 1 aliphatic carbocycles. The lowest BCUT2D eigenvalue weighted by atomic mass is 10.1. The molecule has 1 heterocycles. The van der Waals surface area contributed by atoms with Crippen LogP contribution in [0.1, 0.15) is 49.5 Å². The number of anilines is 1. The Bertz CT molecular complexity index is 1160. The number of rotatable bonds is 12. The first-order chi connectivity index (χ1) is 15.4. The van der Waals surface area contributed by atoms with E-state index in [-0.39, 0.29) is 5.75 Å². The van der Waals surface area contributed by atoms with Crippen molar-refractivity contribution < 1.29 is 18.3 Å². The number of aromatic nitrogens is 2. The van der Waals surface area contributed by atoms with Crippen molar-refractivity contribution in [3.05, 3.63) is 53.7 Å². The second-order valence-corrected chi connectivity index (χ2v) is 10.0. The summed E-state index contributed by atoms with van der Waals surface area (Å²) < 4.78 is 32.2. The molecule has 1 aromatic heterocycles. The fourth-order valence-electron chi connectivity index (χ4n) is 3.69. The highest BCUT2D eigenvalue weighted by atomic mass is 32.2. The van der Waals surface area contributed by atoms with Crippen LogP contribution in [-0.2, 0) is 10.0 Å². The van der Waals surface area contributed by atoms with Crippen molar-refractivity contribution in [2.24, 2.45) is 0 Å². The minimum absolute atomic E-state index is 0.0656. The van der Waals surface area contributed by atoms with Crippen molar-refractivity contribution >= 4 is 26.6 Å². The molecular weight excluding hydrogens is 428 g/mol. The van der Waals surface area contributed by atoms with E-state index >= 15 is 0 Å². The van der Waals surface area contributed by atoms with E-state index < -0.39 is 16.1 Å². The van der Waals surface area contributed by atoms with Gasteiger partial charge in [0.2, 0.25) is 10.0 Å². The summed E-state index contributed by atoms with van der Waals surface area (Å²) in [5.74, 6) is 1.45. The maximum absolute atomic E-state index is 11.9. The van der Waals surface area contributed by atoms with Gasteiger partial charge in [-0.2, -0.15) is 5.10 Å². The molecule has 8 nitrogen and oxygen atoms in total. The number of aliphatic hydroxyl groups is 1. The Morgan fingerprint density at radius 3 is 2.88 bits per heavy atom. The van der Waals surface area contributed by atoms with Gasteiger partial charge in [-0.1, -0.05) is 19.1 Å². The first-order valence-electron chi connectivity index (χ1n) is 11.1. The number of benzene rings is 2. The van der Waals surface area contributed by atoms with Crippen LogP contribution in [0, 0.1) is 0 Å². The fraction of sp³-hybridized carbons (Fsp3) is 0.435. The SMILES string of the molecule is CCCS(=O)(=O)Nc1cccc([C@@H](O)CNCCOc2ccc3c(C4CC4)[nH]nc3c2)c1. The van der Waals surface area contributed by atoms with E-state index in [1.165, 1.54) is 23.9 Å². The molecule has 0 unspecified atom stereocenters. The summed E-state index contributed by atoms with van der Waals surface area (Å²) >= 11 is 0. The molecule has 2 aromatic carbocycles. The van der Waals surface area contributed by atoms with E-state index in [4.69, 9.17) is 4.74 Å². The minimum Gasteiger partial charge on any atom is -0.492 e. The Balaban J connectivity index is 1.22. The molecule has 1 saturated carbocycles. The number of fused-ring (bicyclic) bond motifs is 1. The third-order valence-electron chi connectivity index (χ3n) is 5.44. The van der Waals surface area contributed by atoms with Gasteiger partial charge in [0.25, 0.3) is 0 Å². The summed E-state index contributed by atoms with van der Waals surface area (Å²) in [6.45, 7) is 3.16. The predicted molar refractivity (Wildman–Crippen MR) is 126 cm³/mol. The van der Waals surface area contributed by atoms with Gasteiger partial charge in [-0.05, 0) is 49.1 Å². The topological polar surface area (TPSA) is 116 Å². The van der Waals surface area contributed by atoms with E-state index in [2.05, 4.69) is 26.3 Å². The molecule has 0 saturated heterocycles. The molecule has 1 fully saturated rings. The van der Waals surface area contributed by atoms with Gasteiger partial charge < -0.3 is 15.2 Å². The number of aromatic amines is 1. The van der Waals surface area contributed by atoms with Crippen molar-refractivity contribution in [1.82, 2.24) is 15.5 Å². The molecule has 0 aliphatic heterocycles. The number of ether oxygens (including phenoxy) is 1. The van der Waals surface area contributed by atoms with Gasteiger partial charge in [-0.3, -0.25) is 9.82 Å². The number of hydrogen-bond donors (Lipinski definition) is 4. The highest BCUT2D eigenvalue weighted by molar-refractivity contribution is 7.92. The Kier molecular flexibility index (Phi) is 6.98. The molecule has 3 aromatic rings. The summed E-state index contributed by atoms with van der Waals surface area (Å²) in [7, 11) is -3.36. The normalized spacial score (nSPS) is 15.1. The van der Waals surface area contributed by atoms with E-state index in [1.54, 1.807) is 24.3 Å². The Morgan fingerprint density at radius 2 is 2.09 bits per heavy atom. The highest BCUT2D eigenvalue weighted by Crippen LogP contribution is 2.42. The van der Waals surface area contributed by atoms with Crippen LogP contribution in [0.15, 0.2) is 42.5 Å². The number of nitrogens with one attached hydrogen (secondary N) is 3. The fourth-order valence-corrected chi connectivity index (χ4v) is 4.82. The molecule has 1 atom stereocenters.